The number of methoxy groups -OCH3 is 1. The van der Waals surface area contributed by atoms with Crippen LogP contribution in [0, 0.1) is 5.82 Å². The Morgan fingerprint density at radius 3 is 2.78 bits per heavy atom. The topological polar surface area (TPSA) is 67.9 Å². The van der Waals surface area contributed by atoms with E-state index in [0.717, 1.165) is 0 Å². The number of nitrogens with one attached hydrogen (secondary N) is 1. The average Bonchev–Trinajstić information content (AvgIpc) is 3.03. The molecule has 1 saturated heterocycles. The summed E-state index contributed by atoms with van der Waals surface area (Å²) in [6.07, 6.45) is -0.696. The van der Waals surface area contributed by atoms with Gasteiger partial charge in [-0.25, -0.2) is 4.39 Å². The third kappa shape index (κ3) is 4.36. The van der Waals surface area contributed by atoms with Crippen molar-refractivity contribution in [2.75, 3.05) is 18.6 Å². The molecule has 1 heterocycles. The summed E-state index contributed by atoms with van der Waals surface area (Å²) >= 11 is 0. The number of carbonyl (C=O) groups is 2. The highest BCUT2D eigenvalue weighted by atomic mass is 19.1. The molecule has 1 aliphatic heterocycles. The molecule has 0 radical (unpaired) electrons. The van der Waals surface area contributed by atoms with Crippen LogP contribution < -0.4 is 19.7 Å². The van der Waals surface area contributed by atoms with E-state index in [1.54, 1.807) is 49.3 Å². The van der Waals surface area contributed by atoms with Crippen LogP contribution in [0.15, 0.2) is 48.5 Å². The van der Waals surface area contributed by atoms with Gasteiger partial charge in [0.25, 0.3) is 5.91 Å². The Hall–Kier alpha value is -3.09. The Balaban J connectivity index is 1.60. The Morgan fingerprint density at radius 2 is 2.04 bits per heavy atom. The molecule has 0 aromatic heterocycles. The van der Waals surface area contributed by atoms with Crippen LogP contribution in [0.25, 0.3) is 0 Å². The average molecular weight is 372 g/mol. The smallest absolute Gasteiger partial charge is 0.261 e. The monoisotopic (exact) mass is 372 g/mol. The van der Waals surface area contributed by atoms with Crippen LogP contribution in [-0.2, 0) is 9.59 Å². The molecule has 2 atom stereocenters. The van der Waals surface area contributed by atoms with E-state index in [4.69, 9.17) is 9.47 Å². The van der Waals surface area contributed by atoms with Crippen molar-refractivity contribution in [1.29, 1.82) is 0 Å². The predicted molar refractivity (Wildman–Crippen MR) is 98.4 cm³/mol. The summed E-state index contributed by atoms with van der Waals surface area (Å²) < 4.78 is 24.2. The lowest BCUT2D eigenvalue weighted by Crippen LogP contribution is -2.43. The first-order valence-electron chi connectivity index (χ1n) is 8.64. The lowest BCUT2D eigenvalue weighted by atomic mass is 10.2. The van der Waals surface area contributed by atoms with Gasteiger partial charge in [0.2, 0.25) is 5.91 Å². The fourth-order valence-corrected chi connectivity index (χ4v) is 2.94. The van der Waals surface area contributed by atoms with Crippen molar-refractivity contribution >= 4 is 17.5 Å². The molecule has 1 aliphatic rings. The van der Waals surface area contributed by atoms with E-state index in [-0.39, 0.29) is 24.1 Å². The zero-order chi connectivity index (χ0) is 19.4. The molecular weight excluding hydrogens is 351 g/mol. The zero-order valence-corrected chi connectivity index (χ0v) is 15.1. The van der Waals surface area contributed by atoms with Crippen molar-refractivity contribution in [3.8, 4) is 11.5 Å². The molecule has 6 nitrogen and oxygen atoms in total. The van der Waals surface area contributed by atoms with Gasteiger partial charge in [-0.15, -0.1) is 0 Å². The second-order valence-corrected chi connectivity index (χ2v) is 6.31. The van der Waals surface area contributed by atoms with Crippen molar-refractivity contribution in [2.24, 2.45) is 0 Å². The summed E-state index contributed by atoms with van der Waals surface area (Å²) in [5.41, 5.74) is 0.715. The number of carbonyl (C=O) groups excluding carboxylic acids is 2. The fourth-order valence-electron chi connectivity index (χ4n) is 2.94. The second-order valence-electron chi connectivity index (χ2n) is 6.31. The van der Waals surface area contributed by atoms with Gasteiger partial charge in [0.05, 0.1) is 13.2 Å². The minimum atomic E-state index is -0.886. The number of amides is 2. The molecule has 3 rings (SSSR count). The lowest BCUT2D eigenvalue weighted by molar-refractivity contribution is -0.128. The number of hydrogen-bond donors (Lipinski definition) is 1. The van der Waals surface area contributed by atoms with Gasteiger partial charge >= 0.3 is 0 Å². The fraction of sp³-hybridized carbons (Fsp3) is 0.300. The van der Waals surface area contributed by atoms with E-state index in [9.17, 15) is 14.0 Å². The molecule has 0 bridgehead atoms. The third-order valence-corrected chi connectivity index (χ3v) is 4.35. The van der Waals surface area contributed by atoms with Crippen LogP contribution in [-0.4, -0.2) is 37.6 Å². The van der Waals surface area contributed by atoms with E-state index in [0.29, 0.717) is 18.0 Å². The normalized spacial score (nSPS) is 17.5. The van der Waals surface area contributed by atoms with Crippen LogP contribution in [0.1, 0.15) is 13.3 Å². The molecule has 7 heteroatoms. The van der Waals surface area contributed by atoms with Gasteiger partial charge in [-0.3, -0.25) is 9.59 Å². The highest BCUT2D eigenvalue weighted by Gasteiger charge is 2.33. The first-order valence-corrected chi connectivity index (χ1v) is 8.64. The van der Waals surface area contributed by atoms with Crippen LogP contribution in [0.5, 0.6) is 11.5 Å². The number of anilines is 1. The number of rotatable bonds is 6. The van der Waals surface area contributed by atoms with E-state index >= 15 is 0 Å². The van der Waals surface area contributed by atoms with E-state index in [1.165, 1.54) is 12.1 Å². The van der Waals surface area contributed by atoms with E-state index in [1.807, 2.05) is 6.07 Å². The Labute approximate surface area is 156 Å². The molecule has 1 fully saturated rings. The number of ether oxygens (including phenoxy) is 2. The quantitative estimate of drug-likeness (QED) is 0.846. The number of nitrogens with zero attached hydrogens (tertiary/aromatic N) is 1. The predicted octanol–water partition coefficient (Wildman–Crippen LogP) is 2.52. The van der Waals surface area contributed by atoms with Crippen molar-refractivity contribution in [3.63, 3.8) is 0 Å². The summed E-state index contributed by atoms with van der Waals surface area (Å²) in [6.45, 7) is 1.89. The maximum absolute atomic E-state index is 13.7. The largest absolute Gasteiger partial charge is 0.497 e. The minimum Gasteiger partial charge on any atom is -0.497 e. The zero-order valence-electron chi connectivity index (χ0n) is 15.1. The molecule has 0 aliphatic carbocycles. The Bertz CT molecular complexity index is 842. The number of para-hydroxylation sites is 1. The molecule has 0 spiro atoms. The molecule has 142 valence electrons. The highest BCUT2D eigenvalue weighted by Crippen LogP contribution is 2.25. The van der Waals surface area contributed by atoms with Crippen molar-refractivity contribution in [3.05, 3.63) is 54.3 Å². The molecular formula is C20H21FN2O4. The maximum atomic E-state index is 13.7. The number of benzene rings is 2. The van der Waals surface area contributed by atoms with E-state index < -0.39 is 17.8 Å². The third-order valence-electron chi connectivity index (χ3n) is 4.35. The molecule has 27 heavy (non-hydrogen) atoms. The maximum Gasteiger partial charge on any atom is 0.261 e. The molecule has 1 N–H and O–H groups in total. The van der Waals surface area contributed by atoms with Crippen molar-refractivity contribution in [2.45, 2.75) is 25.5 Å². The summed E-state index contributed by atoms with van der Waals surface area (Å²) in [4.78, 5) is 26.3. The van der Waals surface area contributed by atoms with Crippen molar-refractivity contribution in [1.82, 2.24) is 5.32 Å². The summed E-state index contributed by atoms with van der Waals surface area (Å²) in [6, 6.07) is 12.7. The first-order chi connectivity index (χ1) is 13.0. The van der Waals surface area contributed by atoms with Crippen LogP contribution >= 0.6 is 0 Å². The van der Waals surface area contributed by atoms with Crippen molar-refractivity contribution < 1.29 is 23.5 Å². The Kier molecular flexibility index (Phi) is 5.59. The summed E-state index contributed by atoms with van der Waals surface area (Å²) in [5.74, 6) is -0.350. The molecule has 0 unspecified atom stereocenters. The SMILES string of the molecule is COc1cccc(N2C[C@H](NC(=O)[C@H](C)Oc3ccccc3F)CC2=O)c1. The number of halogens is 1. The van der Waals surface area contributed by atoms with Gasteiger partial charge in [-0.2, -0.15) is 0 Å². The summed E-state index contributed by atoms with van der Waals surface area (Å²) in [7, 11) is 1.56. The van der Waals surface area contributed by atoms with Crippen LogP contribution in [0.2, 0.25) is 0 Å². The summed E-state index contributed by atoms with van der Waals surface area (Å²) in [5, 5.41) is 2.80. The van der Waals surface area contributed by atoms with Gasteiger partial charge in [-0.05, 0) is 31.2 Å². The minimum absolute atomic E-state index is 0.0145. The van der Waals surface area contributed by atoms with Crippen LogP contribution in [0.3, 0.4) is 0 Å². The molecule has 2 aromatic carbocycles. The van der Waals surface area contributed by atoms with Gasteiger partial charge in [0.1, 0.15) is 5.75 Å². The molecule has 2 amide bonds. The van der Waals surface area contributed by atoms with Gasteiger partial charge in [-0.1, -0.05) is 18.2 Å². The van der Waals surface area contributed by atoms with Gasteiger partial charge in [0.15, 0.2) is 17.7 Å². The second kappa shape index (κ2) is 8.07. The van der Waals surface area contributed by atoms with Crippen LogP contribution in [0.4, 0.5) is 10.1 Å². The highest BCUT2D eigenvalue weighted by molar-refractivity contribution is 5.97. The first kappa shape index (κ1) is 18.7. The number of hydrogen-bond acceptors (Lipinski definition) is 4. The van der Waals surface area contributed by atoms with Gasteiger partial charge in [0, 0.05) is 24.7 Å². The van der Waals surface area contributed by atoms with E-state index in [2.05, 4.69) is 5.32 Å². The van der Waals surface area contributed by atoms with Gasteiger partial charge < -0.3 is 19.7 Å². The molecule has 0 saturated carbocycles. The lowest BCUT2D eigenvalue weighted by Gasteiger charge is -2.20. The standard InChI is InChI=1S/C20H21FN2O4/c1-13(27-18-9-4-3-8-17(18)21)20(25)22-14-10-19(24)23(12-14)15-6-5-7-16(11-15)26-2/h3-9,11,13-14H,10,12H2,1-2H3,(H,22,25)/t13-,14+/m0/s1. The molecule has 2 aromatic rings. The Morgan fingerprint density at radius 1 is 1.26 bits per heavy atom.